The molecule has 2 N–H and O–H groups in total. The molecular formula is C20H26N4O3. The van der Waals surface area contributed by atoms with E-state index in [1.807, 2.05) is 37.3 Å². The van der Waals surface area contributed by atoms with Gasteiger partial charge in [0.05, 0.1) is 11.5 Å². The van der Waals surface area contributed by atoms with E-state index in [1.54, 1.807) is 12.1 Å². The maximum absolute atomic E-state index is 10.7. The van der Waals surface area contributed by atoms with Crippen LogP contribution in [0, 0.1) is 10.1 Å². The zero-order chi connectivity index (χ0) is 19.3. The van der Waals surface area contributed by atoms with Crippen molar-refractivity contribution >= 4 is 11.6 Å². The number of benzene rings is 2. The predicted molar refractivity (Wildman–Crippen MR) is 107 cm³/mol. The quantitative estimate of drug-likeness (QED) is 0.220. The molecule has 7 heteroatoms. The predicted octanol–water partition coefficient (Wildman–Crippen LogP) is 3.26. The first-order valence-corrected chi connectivity index (χ1v) is 9.06. The normalized spacial score (nSPS) is 11.2. The fourth-order valence-electron chi connectivity index (χ4n) is 2.37. The Bertz CT molecular complexity index is 718. The SMILES string of the molecule is CCOCCCNC(=NCc1ccccc1)NCc1ccc([N+](=O)[O-])cc1. The van der Waals surface area contributed by atoms with E-state index in [9.17, 15) is 10.1 Å². The van der Waals surface area contributed by atoms with E-state index in [4.69, 9.17) is 4.74 Å². The van der Waals surface area contributed by atoms with Crippen LogP contribution in [0.2, 0.25) is 0 Å². The molecule has 0 amide bonds. The second kappa shape index (κ2) is 11.6. The van der Waals surface area contributed by atoms with E-state index in [0.717, 1.165) is 24.1 Å². The first kappa shape index (κ1) is 20.4. The van der Waals surface area contributed by atoms with Crippen LogP contribution in [-0.4, -0.2) is 30.6 Å². The Kier molecular flexibility index (Phi) is 8.79. The molecule has 0 spiro atoms. The molecule has 0 aromatic heterocycles. The van der Waals surface area contributed by atoms with Gasteiger partial charge in [-0.05, 0) is 24.5 Å². The molecule has 0 bridgehead atoms. The van der Waals surface area contributed by atoms with Gasteiger partial charge in [0, 0.05) is 38.4 Å². The van der Waals surface area contributed by atoms with Gasteiger partial charge in [-0.1, -0.05) is 42.5 Å². The second-order valence-corrected chi connectivity index (χ2v) is 5.90. The summed E-state index contributed by atoms with van der Waals surface area (Å²) in [4.78, 5) is 15.0. The van der Waals surface area contributed by atoms with Gasteiger partial charge in [0.25, 0.3) is 5.69 Å². The first-order valence-electron chi connectivity index (χ1n) is 9.06. The average Bonchev–Trinajstić information content (AvgIpc) is 2.70. The van der Waals surface area contributed by atoms with Gasteiger partial charge < -0.3 is 15.4 Å². The molecule has 0 saturated heterocycles. The number of hydrogen-bond donors (Lipinski definition) is 2. The van der Waals surface area contributed by atoms with Gasteiger partial charge in [-0.15, -0.1) is 0 Å². The van der Waals surface area contributed by atoms with Crippen molar-refractivity contribution in [3.8, 4) is 0 Å². The maximum atomic E-state index is 10.7. The van der Waals surface area contributed by atoms with Crippen LogP contribution < -0.4 is 10.6 Å². The molecule has 2 aromatic carbocycles. The summed E-state index contributed by atoms with van der Waals surface area (Å²) in [5.74, 6) is 0.703. The minimum absolute atomic E-state index is 0.0887. The fourth-order valence-corrected chi connectivity index (χ4v) is 2.37. The lowest BCUT2D eigenvalue weighted by molar-refractivity contribution is -0.384. The molecule has 0 aliphatic heterocycles. The van der Waals surface area contributed by atoms with Crippen molar-refractivity contribution in [2.24, 2.45) is 4.99 Å². The molecule has 0 heterocycles. The van der Waals surface area contributed by atoms with Crippen LogP contribution in [-0.2, 0) is 17.8 Å². The minimum Gasteiger partial charge on any atom is -0.382 e. The molecule has 0 fully saturated rings. The number of ether oxygens (including phenoxy) is 1. The average molecular weight is 370 g/mol. The highest BCUT2D eigenvalue weighted by molar-refractivity contribution is 5.79. The second-order valence-electron chi connectivity index (χ2n) is 5.90. The minimum atomic E-state index is -0.399. The molecule has 0 atom stereocenters. The first-order chi connectivity index (χ1) is 13.2. The molecule has 7 nitrogen and oxygen atoms in total. The van der Waals surface area contributed by atoms with Crippen molar-refractivity contribution in [3.05, 3.63) is 75.8 Å². The number of non-ortho nitro benzene ring substituents is 1. The van der Waals surface area contributed by atoms with Crippen LogP contribution in [0.15, 0.2) is 59.6 Å². The zero-order valence-corrected chi connectivity index (χ0v) is 15.6. The van der Waals surface area contributed by atoms with Gasteiger partial charge in [-0.25, -0.2) is 4.99 Å². The third-order valence-corrected chi connectivity index (χ3v) is 3.83. The number of rotatable bonds is 10. The molecule has 0 saturated carbocycles. The van der Waals surface area contributed by atoms with Gasteiger partial charge in [0.2, 0.25) is 0 Å². The van der Waals surface area contributed by atoms with Crippen LogP contribution in [0.4, 0.5) is 5.69 Å². The summed E-state index contributed by atoms with van der Waals surface area (Å²) in [5.41, 5.74) is 2.16. The van der Waals surface area contributed by atoms with Crippen LogP contribution in [0.3, 0.4) is 0 Å². The summed E-state index contributed by atoms with van der Waals surface area (Å²) < 4.78 is 5.35. The smallest absolute Gasteiger partial charge is 0.269 e. The van der Waals surface area contributed by atoms with E-state index in [2.05, 4.69) is 15.6 Å². The van der Waals surface area contributed by atoms with Gasteiger partial charge >= 0.3 is 0 Å². The Balaban J connectivity index is 1.92. The van der Waals surface area contributed by atoms with E-state index < -0.39 is 4.92 Å². The van der Waals surface area contributed by atoms with Crippen molar-refractivity contribution in [1.82, 2.24) is 10.6 Å². The standard InChI is InChI=1S/C20H26N4O3/c1-2-27-14-6-13-21-20(22-15-17-7-4-3-5-8-17)23-16-18-9-11-19(12-10-18)24(25)26/h3-5,7-12H,2,6,13-16H2,1H3,(H2,21,22,23). The summed E-state index contributed by atoms with van der Waals surface area (Å²) in [6, 6.07) is 16.5. The number of nitro benzene ring substituents is 1. The van der Waals surface area contributed by atoms with E-state index in [-0.39, 0.29) is 5.69 Å². The molecular weight excluding hydrogens is 344 g/mol. The Morgan fingerprint density at radius 1 is 1.07 bits per heavy atom. The molecule has 0 aliphatic rings. The van der Waals surface area contributed by atoms with Crippen LogP contribution >= 0.6 is 0 Å². The van der Waals surface area contributed by atoms with E-state index >= 15 is 0 Å². The molecule has 144 valence electrons. The number of aliphatic imine (C=N–C) groups is 1. The molecule has 2 aromatic rings. The third-order valence-electron chi connectivity index (χ3n) is 3.83. The lowest BCUT2D eigenvalue weighted by Gasteiger charge is -2.13. The van der Waals surface area contributed by atoms with Gasteiger partial charge in [0.1, 0.15) is 0 Å². The molecule has 0 radical (unpaired) electrons. The summed E-state index contributed by atoms with van der Waals surface area (Å²) in [6.45, 7) is 5.25. The van der Waals surface area contributed by atoms with Crippen LogP contribution in [0.5, 0.6) is 0 Å². The Hall–Kier alpha value is -2.93. The molecule has 2 rings (SSSR count). The van der Waals surface area contributed by atoms with E-state index in [0.29, 0.717) is 32.3 Å². The van der Waals surface area contributed by atoms with Crippen LogP contribution in [0.25, 0.3) is 0 Å². The van der Waals surface area contributed by atoms with Crippen molar-refractivity contribution < 1.29 is 9.66 Å². The summed E-state index contributed by atoms with van der Waals surface area (Å²) in [6.07, 6.45) is 0.886. The largest absolute Gasteiger partial charge is 0.382 e. The lowest BCUT2D eigenvalue weighted by atomic mass is 10.2. The fraction of sp³-hybridized carbons (Fsp3) is 0.350. The van der Waals surface area contributed by atoms with Gasteiger partial charge in [-0.3, -0.25) is 10.1 Å². The summed E-state index contributed by atoms with van der Waals surface area (Å²) >= 11 is 0. The van der Waals surface area contributed by atoms with Gasteiger partial charge in [0.15, 0.2) is 5.96 Å². The third kappa shape index (κ3) is 7.87. The summed E-state index contributed by atoms with van der Waals surface area (Å²) in [5, 5.41) is 17.3. The number of guanidine groups is 1. The highest BCUT2D eigenvalue weighted by Gasteiger charge is 2.05. The topological polar surface area (TPSA) is 88.8 Å². The van der Waals surface area contributed by atoms with Crippen molar-refractivity contribution in [3.63, 3.8) is 0 Å². The monoisotopic (exact) mass is 370 g/mol. The van der Waals surface area contributed by atoms with Crippen molar-refractivity contribution in [2.45, 2.75) is 26.4 Å². The molecule has 0 aliphatic carbocycles. The summed E-state index contributed by atoms with van der Waals surface area (Å²) in [7, 11) is 0. The van der Waals surface area contributed by atoms with E-state index in [1.165, 1.54) is 12.1 Å². The zero-order valence-electron chi connectivity index (χ0n) is 15.6. The molecule has 27 heavy (non-hydrogen) atoms. The van der Waals surface area contributed by atoms with Crippen LogP contribution in [0.1, 0.15) is 24.5 Å². The van der Waals surface area contributed by atoms with Crippen molar-refractivity contribution in [1.29, 1.82) is 0 Å². The Labute approximate surface area is 159 Å². The number of nitro groups is 1. The lowest BCUT2D eigenvalue weighted by Crippen LogP contribution is -2.37. The van der Waals surface area contributed by atoms with Gasteiger partial charge in [-0.2, -0.15) is 0 Å². The number of hydrogen-bond acceptors (Lipinski definition) is 4. The Morgan fingerprint density at radius 2 is 1.81 bits per heavy atom. The maximum Gasteiger partial charge on any atom is 0.269 e. The highest BCUT2D eigenvalue weighted by Crippen LogP contribution is 2.11. The van der Waals surface area contributed by atoms with Crippen molar-refractivity contribution in [2.75, 3.05) is 19.8 Å². The number of nitrogens with zero attached hydrogens (tertiary/aromatic N) is 2. The Morgan fingerprint density at radius 3 is 2.48 bits per heavy atom. The number of nitrogens with one attached hydrogen (secondary N) is 2. The highest BCUT2D eigenvalue weighted by atomic mass is 16.6. The molecule has 0 unspecified atom stereocenters.